The summed E-state index contributed by atoms with van der Waals surface area (Å²) < 4.78 is 0. The van der Waals surface area contributed by atoms with Crippen molar-refractivity contribution in [2.24, 2.45) is 0 Å². The van der Waals surface area contributed by atoms with Crippen LogP contribution in [0.15, 0.2) is 24.3 Å². The molecule has 0 atom stereocenters. The smallest absolute Gasteiger partial charge is 0.422 e. The minimum Gasteiger partial charge on any atom is -0.422 e. The highest BCUT2D eigenvalue weighted by atomic mass is 16.4. The number of H-pyrrole nitrogens is 1. The van der Waals surface area contributed by atoms with Gasteiger partial charge in [0.25, 0.3) is 0 Å². The molecule has 2 aromatic rings. The minimum absolute atomic E-state index is 0.433. The van der Waals surface area contributed by atoms with E-state index in [1.54, 1.807) is 6.07 Å². The van der Waals surface area contributed by atoms with Gasteiger partial charge in [0.1, 0.15) is 0 Å². The Morgan fingerprint density at radius 2 is 2.06 bits per heavy atom. The maximum absolute atomic E-state index is 9.11. The fraction of sp³-hybridized carbons (Fsp3) is 0.385. The zero-order chi connectivity index (χ0) is 13.1. The molecule has 5 heteroatoms. The van der Waals surface area contributed by atoms with Crippen LogP contribution < -0.4 is 10.9 Å². The molecule has 0 bridgehead atoms. The van der Waals surface area contributed by atoms with Crippen LogP contribution in [0, 0.1) is 0 Å². The Morgan fingerprint density at radius 1 is 1.28 bits per heavy atom. The van der Waals surface area contributed by atoms with Crippen LogP contribution in [0.2, 0.25) is 0 Å². The lowest BCUT2D eigenvalue weighted by molar-refractivity contribution is 0.424. The molecule has 2 rings (SSSR count). The van der Waals surface area contributed by atoms with Gasteiger partial charge < -0.3 is 20.3 Å². The van der Waals surface area contributed by atoms with Gasteiger partial charge in [-0.05, 0) is 36.0 Å². The molecule has 1 aromatic heterocycles. The summed E-state index contributed by atoms with van der Waals surface area (Å²) in [5, 5.41) is 22.6. The zero-order valence-electron chi connectivity index (χ0n) is 10.8. The van der Waals surface area contributed by atoms with Crippen molar-refractivity contribution < 1.29 is 10.0 Å². The Labute approximate surface area is 107 Å². The highest BCUT2D eigenvalue weighted by Gasteiger charge is 2.13. The van der Waals surface area contributed by atoms with Crippen LogP contribution >= 0.6 is 0 Å². The summed E-state index contributed by atoms with van der Waals surface area (Å²) in [4.78, 5) is 3.01. The lowest BCUT2D eigenvalue weighted by Gasteiger charge is -2.07. The van der Waals surface area contributed by atoms with Gasteiger partial charge in [0.05, 0.1) is 0 Å². The number of hydrogen-bond donors (Lipinski definition) is 4. The first kappa shape index (κ1) is 13.1. The summed E-state index contributed by atoms with van der Waals surface area (Å²) >= 11 is 0. The predicted molar refractivity (Wildman–Crippen MR) is 75.0 cm³/mol. The third-order valence-corrected chi connectivity index (χ3v) is 2.95. The molecule has 0 saturated carbocycles. The number of nitrogens with one attached hydrogen (secondary N) is 2. The van der Waals surface area contributed by atoms with Crippen LogP contribution in [0.3, 0.4) is 0 Å². The number of fused-ring (bicyclic) bond motifs is 1. The first-order valence-corrected chi connectivity index (χ1v) is 6.27. The molecule has 96 valence electrons. The van der Waals surface area contributed by atoms with Crippen LogP contribution in [-0.4, -0.2) is 34.7 Å². The van der Waals surface area contributed by atoms with E-state index in [2.05, 4.69) is 36.3 Å². The maximum Gasteiger partial charge on any atom is 0.505 e. The number of aromatic amines is 1. The molecule has 0 spiro atoms. The molecule has 0 saturated heterocycles. The Bertz CT molecular complexity index is 523. The van der Waals surface area contributed by atoms with Gasteiger partial charge in [0.2, 0.25) is 0 Å². The van der Waals surface area contributed by atoms with Crippen LogP contribution in [0.1, 0.15) is 19.4 Å². The van der Waals surface area contributed by atoms with Gasteiger partial charge in [0, 0.05) is 17.2 Å². The summed E-state index contributed by atoms with van der Waals surface area (Å²) in [5.41, 5.74) is 2.61. The first-order chi connectivity index (χ1) is 8.56. The Kier molecular flexibility index (Phi) is 4.06. The third kappa shape index (κ3) is 3.13. The van der Waals surface area contributed by atoms with Crippen LogP contribution in [0.5, 0.6) is 0 Å². The van der Waals surface area contributed by atoms with E-state index in [4.69, 9.17) is 10.0 Å². The third-order valence-electron chi connectivity index (χ3n) is 2.95. The molecule has 0 fully saturated rings. The molecule has 0 unspecified atom stereocenters. The predicted octanol–water partition coefficient (Wildman–Crippen LogP) is 0.388. The van der Waals surface area contributed by atoms with Crippen molar-refractivity contribution in [3.8, 4) is 0 Å². The van der Waals surface area contributed by atoms with E-state index in [9.17, 15) is 0 Å². The van der Waals surface area contributed by atoms with E-state index in [1.165, 1.54) is 5.56 Å². The fourth-order valence-electron chi connectivity index (χ4n) is 2.00. The Hall–Kier alpha value is -1.30. The molecule has 1 aromatic carbocycles. The van der Waals surface area contributed by atoms with Crippen molar-refractivity contribution in [3.63, 3.8) is 0 Å². The molecule has 0 aliphatic heterocycles. The summed E-state index contributed by atoms with van der Waals surface area (Å²) in [5.74, 6) is 0. The molecule has 0 amide bonds. The summed E-state index contributed by atoms with van der Waals surface area (Å²) in [7, 11) is -1.44. The van der Waals surface area contributed by atoms with Crippen molar-refractivity contribution in [1.29, 1.82) is 0 Å². The molecule has 4 nitrogen and oxygen atoms in total. The average Bonchev–Trinajstić information content (AvgIpc) is 2.71. The second-order valence-electron chi connectivity index (χ2n) is 4.88. The zero-order valence-corrected chi connectivity index (χ0v) is 10.8. The summed E-state index contributed by atoms with van der Waals surface area (Å²) in [6, 6.07) is 8.39. The van der Waals surface area contributed by atoms with Crippen molar-refractivity contribution in [1.82, 2.24) is 10.3 Å². The largest absolute Gasteiger partial charge is 0.505 e. The molecule has 0 radical (unpaired) electrons. The van der Waals surface area contributed by atoms with Crippen LogP contribution in [0.4, 0.5) is 0 Å². The van der Waals surface area contributed by atoms with Gasteiger partial charge in [-0.1, -0.05) is 26.0 Å². The molecule has 18 heavy (non-hydrogen) atoms. The highest BCUT2D eigenvalue weighted by molar-refractivity contribution is 6.58. The number of aromatic nitrogens is 1. The van der Waals surface area contributed by atoms with Crippen molar-refractivity contribution >= 4 is 23.6 Å². The number of benzene rings is 1. The Balaban J connectivity index is 2.11. The number of rotatable bonds is 5. The lowest BCUT2D eigenvalue weighted by atomic mass is 9.86. The van der Waals surface area contributed by atoms with E-state index < -0.39 is 7.12 Å². The molecule has 0 aliphatic rings. The maximum atomic E-state index is 9.11. The summed E-state index contributed by atoms with van der Waals surface area (Å²) in [6.07, 6.45) is 0.962. The SMILES string of the molecule is CC(C)NCCc1ccc2cc(B(O)O)[nH]c2c1. The van der Waals surface area contributed by atoms with Gasteiger partial charge in [-0.2, -0.15) is 0 Å². The highest BCUT2D eigenvalue weighted by Crippen LogP contribution is 2.13. The fourth-order valence-corrected chi connectivity index (χ4v) is 2.00. The standard InChI is InChI=1S/C13H19BN2O2/c1-9(2)15-6-5-10-3-4-11-8-13(14(17)18)16-12(11)7-10/h3-4,7-9,15-18H,5-6H2,1-2H3. The van der Waals surface area contributed by atoms with Crippen molar-refractivity contribution in [3.05, 3.63) is 29.8 Å². The van der Waals surface area contributed by atoms with Gasteiger partial charge >= 0.3 is 7.12 Å². The van der Waals surface area contributed by atoms with Crippen molar-refractivity contribution in [2.75, 3.05) is 6.54 Å². The lowest BCUT2D eigenvalue weighted by Crippen LogP contribution is -2.30. The van der Waals surface area contributed by atoms with Crippen molar-refractivity contribution in [2.45, 2.75) is 26.3 Å². The van der Waals surface area contributed by atoms with Gasteiger partial charge in [-0.15, -0.1) is 0 Å². The van der Waals surface area contributed by atoms with Gasteiger partial charge in [-0.3, -0.25) is 0 Å². The molecule has 0 aliphatic carbocycles. The van der Waals surface area contributed by atoms with E-state index >= 15 is 0 Å². The summed E-state index contributed by atoms with van der Waals surface area (Å²) in [6.45, 7) is 5.20. The molecule has 4 N–H and O–H groups in total. The molecular weight excluding hydrogens is 227 g/mol. The molecule has 1 heterocycles. The quantitative estimate of drug-likeness (QED) is 0.577. The molecular formula is C13H19BN2O2. The van der Waals surface area contributed by atoms with E-state index in [1.807, 2.05) is 6.07 Å². The van der Waals surface area contributed by atoms with Gasteiger partial charge in [-0.25, -0.2) is 0 Å². The first-order valence-electron chi connectivity index (χ1n) is 6.27. The second-order valence-corrected chi connectivity index (χ2v) is 4.88. The van der Waals surface area contributed by atoms with Gasteiger partial charge in [0.15, 0.2) is 0 Å². The van der Waals surface area contributed by atoms with Crippen LogP contribution in [0.25, 0.3) is 10.9 Å². The van der Waals surface area contributed by atoms with E-state index in [0.29, 0.717) is 11.6 Å². The average molecular weight is 246 g/mol. The normalized spacial score (nSPS) is 11.4. The minimum atomic E-state index is -1.44. The number of hydrogen-bond acceptors (Lipinski definition) is 3. The van der Waals surface area contributed by atoms with E-state index in [-0.39, 0.29) is 0 Å². The monoisotopic (exact) mass is 246 g/mol. The second kappa shape index (κ2) is 5.56. The van der Waals surface area contributed by atoms with Crippen LogP contribution in [-0.2, 0) is 6.42 Å². The topological polar surface area (TPSA) is 68.3 Å². The van der Waals surface area contributed by atoms with E-state index in [0.717, 1.165) is 23.9 Å². The Morgan fingerprint density at radius 3 is 2.72 bits per heavy atom.